The summed E-state index contributed by atoms with van der Waals surface area (Å²) in [5.41, 5.74) is 3.46. The van der Waals surface area contributed by atoms with Crippen LogP contribution in [0.2, 0.25) is 0 Å². The Morgan fingerprint density at radius 1 is 1.09 bits per heavy atom. The van der Waals surface area contributed by atoms with Crippen molar-refractivity contribution in [3.05, 3.63) is 54.1 Å². The summed E-state index contributed by atoms with van der Waals surface area (Å²) < 4.78 is 5.47. The van der Waals surface area contributed by atoms with Gasteiger partial charge in [0.1, 0.15) is 5.75 Å². The third kappa shape index (κ3) is 3.92. The Bertz CT molecular complexity index is 657. The molecule has 2 aromatic rings. The van der Waals surface area contributed by atoms with E-state index in [1.165, 1.54) is 0 Å². The average Bonchev–Trinajstić information content (AvgIpc) is 3.41. The number of ether oxygens (including phenoxy) is 1. The fourth-order valence-corrected chi connectivity index (χ4v) is 2.63. The maximum absolute atomic E-state index is 11.8. The second kappa shape index (κ2) is 6.86. The van der Waals surface area contributed by atoms with E-state index in [4.69, 9.17) is 4.74 Å². The number of carbonyl (C=O) groups is 1. The smallest absolute Gasteiger partial charge is 0.223 e. The molecule has 120 valence electrons. The Balaban J connectivity index is 1.67. The molecule has 1 atom stereocenters. The van der Waals surface area contributed by atoms with Crippen LogP contribution >= 0.6 is 0 Å². The summed E-state index contributed by atoms with van der Waals surface area (Å²) in [6.45, 7) is 4.69. The number of nitrogens with one attached hydrogen (secondary N) is 1. The molecule has 3 rings (SSSR count). The number of amides is 1. The Kier molecular flexibility index (Phi) is 4.65. The quantitative estimate of drug-likeness (QED) is 0.862. The molecular weight excluding hydrogens is 286 g/mol. The van der Waals surface area contributed by atoms with Crippen LogP contribution in [0.4, 0.5) is 0 Å². The molecule has 0 saturated heterocycles. The van der Waals surface area contributed by atoms with E-state index in [1.54, 1.807) is 0 Å². The van der Waals surface area contributed by atoms with Crippen LogP contribution in [-0.2, 0) is 4.79 Å². The van der Waals surface area contributed by atoms with E-state index >= 15 is 0 Å². The molecule has 0 radical (unpaired) electrons. The van der Waals surface area contributed by atoms with Crippen molar-refractivity contribution in [2.24, 2.45) is 5.92 Å². The average molecular weight is 309 g/mol. The third-order valence-electron chi connectivity index (χ3n) is 4.22. The SMILES string of the molecule is CCOc1ccc(-c2ccc(C(C)NC(=O)C3CC3)cc2)cc1. The predicted octanol–water partition coefficient (Wildman–Crippen LogP) is 4.34. The highest BCUT2D eigenvalue weighted by Gasteiger charge is 2.30. The molecule has 0 heterocycles. The molecule has 1 aliphatic carbocycles. The van der Waals surface area contributed by atoms with Crippen LogP contribution in [0.3, 0.4) is 0 Å². The minimum atomic E-state index is 0.0532. The van der Waals surface area contributed by atoms with Gasteiger partial charge in [-0.15, -0.1) is 0 Å². The van der Waals surface area contributed by atoms with Gasteiger partial charge in [-0.1, -0.05) is 36.4 Å². The minimum absolute atomic E-state index is 0.0532. The summed E-state index contributed by atoms with van der Waals surface area (Å²) in [4.78, 5) is 11.8. The first-order chi connectivity index (χ1) is 11.2. The van der Waals surface area contributed by atoms with Gasteiger partial charge in [0.15, 0.2) is 0 Å². The number of benzene rings is 2. The Morgan fingerprint density at radius 2 is 1.65 bits per heavy atom. The zero-order valence-corrected chi connectivity index (χ0v) is 13.7. The van der Waals surface area contributed by atoms with Gasteiger partial charge in [0, 0.05) is 5.92 Å². The second-order valence-corrected chi connectivity index (χ2v) is 6.08. The molecule has 0 aliphatic heterocycles. The van der Waals surface area contributed by atoms with Gasteiger partial charge in [0.05, 0.1) is 12.6 Å². The Hall–Kier alpha value is -2.29. The van der Waals surface area contributed by atoms with Crippen molar-refractivity contribution >= 4 is 5.91 Å². The van der Waals surface area contributed by atoms with Crippen LogP contribution in [-0.4, -0.2) is 12.5 Å². The van der Waals surface area contributed by atoms with Crippen molar-refractivity contribution in [2.75, 3.05) is 6.61 Å². The lowest BCUT2D eigenvalue weighted by Crippen LogP contribution is -2.27. The maximum atomic E-state index is 11.8. The fourth-order valence-electron chi connectivity index (χ4n) is 2.63. The van der Waals surface area contributed by atoms with Gasteiger partial charge in [-0.2, -0.15) is 0 Å². The maximum Gasteiger partial charge on any atom is 0.223 e. The van der Waals surface area contributed by atoms with Crippen LogP contribution in [0.15, 0.2) is 48.5 Å². The lowest BCUT2D eigenvalue weighted by molar-refractivity contribution is -0.122. The number of hydrogen-bond donors (Lipinski definition) is 1. The molecule has 3 nitrogen and oxygen atoms in total. The molecule has 1 fully saturated rings. The zero-order valence-electron chi connectivity index (χ0n) is 13.7. The van der Waals surface area contributed by atoms with Crippen LogP contribution in [0.5, 0.6) is 5.75 Å². The van der Waals surface area contributed by atoms with Crippen molar-refractivity contribution in [2.45, 2.75) is 32.7 Å². The largest absolute Gasteiger partial charge is 0.494 e. The first kappa shape index (κ1) is 15.6. The summed E-state index contributed by atoms with van der Waals surface area (Å²) in [5, 5.41) is 3.08. The van der Waals surface area contributed by atoms with Gasteiger partial charge in [-0.25, -0.2) is 0 Å². The topological polar surface area (TPSA) is 38.3 Å². The first-order valence-corrected chi connectivity index (χ1v) is 8.31. The standard InChI is InChI=1S/C20H23NO2/c1-3-23-19-12-10-17(11-13-19)16-6-4-15(5-7-16)14(2)21-20(22)18-8-9-18/h4-7,10-14,18H,3,8-9H2,1-2H3,(H,21,22). The van der Waals surface area contributed by atoms with E-state index in [1.807, 2.05) is 26.0 Å². The second-order valence-electron chi connectivity index (χ2n) is 6.08. The lowest BCUT2D eigenvalue weighted by atomic mass is 10.0. The summed E-state index contributed by atoms with van der Waals surface area (Å²) in [6, 6.07) is 16.5. The molecule has 3 heteroatoms. The van der Waals surface area contributed by atoms with Crippen LogP contribution in [0, 0.1) is 5.92 Å². The van der Waals surface area contributed by atoms with Crippen molar-refractivity contribution in [1.82, 2.24) is 5.32 Å². The molecule has 1 N–H and O–H groups in total. The molecule has 1 aliphatic rings. The molecule has 1 saturated carbocycles. The molecule has 0 spiro atoms. The highest BCUT2D eigenvalue weighted by Crippen LogP contribution is 2.30. The highest BCUT2D eigenvalue weighted by atomic mass is 16.5. The van der Waals surface area contributed by atoms with Gasteiger partial charge >= 0.3 is 0 Å². The molecule has 2 aromatic carbocycles. The van der Waals surface area contributed by atoms with Crippen molar-refractivity contribution in [1.29, 1.82) is 0 Å². The van der Waals surface area contributed by atoms with Crippen molar-refractivity contribution in [3.8, 4) is 16.9 Å². The fraction of sp³-hybridized carbons (Fsp3) is 0.350. The van der Waals surface area contributed by atoms with E-state index in [2.05, 4.69) is 41.7 Å². The third-order valence-corrected chi connectivity index (χ3v) is 4.22. The summed E-state index contributed by atoms with van der Waals surface area (Å²) in [5.74, 6) is 1.33. The summed E-state index contributed by atoms with van der Waals surface area (Å²) >= 11 is 0. The summed E-state index contributed by atoms with van der Waals surface area (Å²) in [6.07, 6.45) is 2.07. The molecule has 1 unspecified atom stereocenters. The molecule has 0 bridgehead atoms. The van der Waals surface area contributed by atoms with Gasteiger partial charge in [0.2, 0.25) is 5.91 Å². The molecule has 1 amide bonds. The van der Waals surface area contributed by atoms with Crippen LogP contribution in [0.1, 0.15) is 38.3 Å². The van der Waals surface area contributed by atoms with E-state index in [0.29, 0.717) is 6.61 Å². The predicted molar refractivity (Wildman–Crippen MR) is 92.3 cm³/mol. The van der Waals surface area contributed by atoms with Gasteiger partial charge in [0.25, 0.3) is 0 Å². The summed E-state index contributed by atoms with van der Waals surface area (Å²) in [7, 11) is 0. The normalized spacial score (nSPS) is 15.0. The van der Waals surface area contributed by atoms with Gasteiger partial charge in [-0.05, 0) is 55.5 Å². The Labute approximate surface area is 137 Å². The monoisotopic (exact) mass is 309 g/mol. The Morgan fingerprint density at radius 3 is 2.17 bits per heavy atom. The van der Waals surface area contributed by atoms with E-state index in [9.17, 15) is 4.79 Å². The highest BCUT2D eigenvalue weighted by molar-refractivity contribution is 5.81. The zero-order chi connectivity index (χ0) is 16.2. The van der Waals surface area contributed by atoms with Crippen molar-refractivity contribution < 1.29 is 9.53 Å². The first-order valence-electron chi connectivity index (χ1n) is 8.31. The van der Waals surface area contributed by atoms with E-state index < -0.39 is 0 Å². The van der Waals surface area contributed by atoms with Crippen LogP contribution in [0.25, 0.3) is 11.1 Å². The molecular formula is C20H23NO2. The number of hydrogen-bond acceptors (Lipinski definition) is 2. The van der Waals surface area contributed by atoms with E-state index in [-0.39, 0.29) is 17.9 Å². The van der Waals surface area contributed by atoms with Crippen molar-refractivity contribution in [3.63, 3.8) is 0 Å². The molecule has 23 heavy (non-hydrogen) atoms. The number of carbonyl (C=O) groups excluding carboxylic acids is 1. The van der Waals surface area contributed by atoms with Gasteiger partial charge < -0.3 is 10.1 Å². The number of rotatable bonds is 6. The van der Waals surface area contributed by atoms with Gasteiger partial charge in [-0.3, -0.25) is 4.79 Å². The van der Waals surface area contributed by atoms with E-state index in [0.717, 1.165) is 35.3 Å². The lowest BCUT2D eigenvalue weighted by Gasteiger charge is -2.15. The molecule has 0 aromatic heterocycles. The van der Waals surface area contributed by atoms with Crippen LogP contribution < -0.4 is 10.1 Å². The minimum Gasteiger partial charge on any atom is -0.494 e.